The number of allylic oxidation sites excluding steroid dienone is 4. The van der Waals surface area contributed by atoms with Crippen LogP contribution >= 0.6 is 0 Å². The van der Waals surface area contributed by atoms with E-state index in [4.69, 9.17) is 10.4 Å². The molecule has 0 saturated carbocycles. The van der Waals surface area contributed by atoms with Gasteiger partial charge in [0.2, 0.25) is 0 Å². The highest BCUT2D eigenvalue weighted by Gasteiger charge is 2.01. The van der Waals surface area contributed by atoms with E-state index >= 15 is 0 Å². The molecule has 1 aromatic rings. The van der Waals surface area contributed by atoms with Crippen molar-refractivity contribution < 1.29 is 9.90 Å². The van der Waals surface area contributed by atoms with Crippen molar-refractivity contribution in [1.29, 1.82) is 5.26 Å². The molecule has 1 rings (SSSR count). The third kappa shape index (κ3) is 4.92. The molecule has 0 aliphatic heterocycles. The number of nitrogens with one attached hydrogen (secondary N) is 1. The summed E-state index contributed by atoms with van der Waals surface area (Å²) in [6, 6.07) is 9.45. The third-order valence-corrected chi connectivity index (χ3v) is 2.32. The normalized spacial score (nSPS) is 11.7. The van der Waals surface area contributed by atoms with Gasteiger partial charge in [-0.1, -0.05) is 36.4 Å². The van der Waals surface area contributed by atoms with Gasteiger partial charge in [0.15, 0.2) is 0 Å². The fourth-order valence-electron chi connectivity index (χ4n) is 1.30. The van der Waals surface area contributed by atoms with Crippen LogP contribution in [0.25, 0.3) is 6.08 Å². The Kier molecular flexibility index (Phi) is 5.64. The molecule has 0 atom stereocenters. The second kappa shape index (κ2) is 7.51. The smallest absolute Gasteiger partial charge is 0.346 e. The van der Waals surface area contributed by atoms with Crippen LogP contribution in [0.2, 0.25) is 0 Å². The predicted molar refractivity (Wildman–Crippen MR) is 75.5 cm³/mol. The Morgan fingerprint density at radius 3 is 2.47 bits per heavy atom. The Morgan fingerprint density at radius 1 is 1.26 bits per heavy atom. The Morgan fingerprint density at radius 2 is 1.95 bits per heavy atom. The number of anilines is 1. The molecule has 4 nitrogen and oxygen atoms in total. The van der Waals surface area contributed by atoms with Crippen molar-refractivity contribution in [3.05, 3.63) is 59.7 Å². The van der Waals surface area contributed by atoms with E-state index in [0.29, 0.717) is 0 Å². The van der Waals surface area contributed by atoms with Gasteiger partial charge < -0.3 is 10.4 Å². The van der Waals surface area contributed by atoms with Gasteiger partial charge in [0.1, 0.15) is 11.6 Å². The Balaban J connectivity index is 2.63. The zero-order valence-electron chi connectivity index (χ0n) is 10.5. The largest absolute Gasteiger partial charge is 0.477 e. The van der Waals surface area contributed by atoms with Gasteiger partial charge in [-0.2, -0.15) is 5.26 Å². The SMILES string of the molecule is CNc1ccc(C=CC=CC=C(C#N)C(=O)O)cc1. The summed E-state index contributed by atoms with van der Waals surface area (Å²) < 4.78 is 0. The monoisotopic (exact) mass is 254 g/mol. The summed E-state index contributed by atoms with van der Waals surface area (Å²) in [7, 11) is 1.86. The van der Waals surface area contributed by atoms with Gasteiger partial charge in [-0.25, -0.2) is 4.79 Å². The minimum Gasteiger partial charge on any atom is -0.477 e. The molecule has 0 fully saturated rings. The Hall–Kier alpha value is -2.80. The topological polar surface area (TPSA) is 73.1 Å². The van der Waals surface area contributed by atoms with Gasteiger partial charge >= 0.3 is 5.97 Å². The lowest BCUT2D eigenvalue weighted by atomic mass is 10.2. The second-order valence-electron chi connectivity index (χ2n) is 3.61. The van der Waals surface area contributed by atoms with Crippen molar-refractivity contribution in [2.45, 2.75) is 0 Å². The third-order valence-electron chi connectivity index (χ3n) is 2.32. The molecule has 0 radical (unpaired) electrons. The summed E-state index contributed by atoms with van der Waals surface area (Å²) in [5.41, 5.74) is 1.78. The number of nitriles is 1. The van der Waals surface area contributed by atoms with Gasteiger partial charge in [-0.15, -0.1) is 0 Å². The van der Waals surface area contributed by atoms with Gasteiger partial charge in [0.05, 0.1) is 0 Å². The highest BCUT2D eigenvalue weighted by Crippen LogP contribution is 2.09. The van der Waals surface area contributed by atoms with E-state index in [1.54, 1.807) is 18.2 Å². The average molecular weight is 254 g/mol. The van der Waals surface area contributed by atoms with Gasteiger partial charge in [-0.05, 0) is 23.8 Å². The Labute approximate surface area is 112 Å². The van der Waals surface area contributed by atoms with Crippen LogP contribution in [-0.4, -0.2) is 18.1 Å². The fraction of sp³-hybridized carbons (Fsp3) is 0.0667. The molecule has 0 amide bonds. The quantitative estimate of drug-likeness (QED) is 0.481. The number of aliphatic carboxylic acids is 1. The molecule has 0 bridgehead atoms. The number of carbonyl (C=O) groups is 1. The molecule has 1 aromatic carbocycles. The first kappa shape index (κ1) is 14.3. The molecule has 4 heteroatoms. The Bertz CT molecular complexity index is 561. The lowest BCUT2D eigenvalue weighted by Crippen LogP contribution is -1.96. The zero-order valence-corrected chi connectivity index (χ0v) is 10.5. The number of carboxylic acids is 1. The molecular formula is C15H14N2O2. The maximum atomic E-state index is 10.5. The number of carboxylic acid groups (broad SMARTS) is 1. The summed E-state index contributed by atoms with van der Waals surface area (Å²) in [5, 5.41) is 20.2. The number of hydrogen-bond acceptors (Lipinski definition) is 3. The second-order valence-corrected chi connectivity index (χ2v) is 3.61. The minimum atomic E-state index is -1.22. The van der Waals surface area contributed by atoms with Crippen LogP contribution in [0.3, 0.4) is 0 Å². The van der Waals surface area contributed by atoms with Crippen LogP contribution in [0.4, 0.5) is 5.69 Å². The van der Waals surface area contributed by atoms with Crippen LogP contribution < -0.4 is 5.32 Å². The number of benzene rings is 1. The molecular weight excluding hydrogens is 240 g/mol. The van der Waals surface area contributed by atoms with E-state index in [0.717, 1.165) is 11.3 Å². The molecule has 0 aliphatic carbocycles. The highest BCUT2D eigenvalue weighted by atomic mass is 16.4. The maximum absolute atomic E-state index is 10.5. The number of rotatable bonds is 5. The molecule has 0 spiro atoms. The lowest BCUT2D eigenvalue weighted by molar-refractivity contribution is -0.132. The maximum Gasteiger partial charge on any atom is 0.346 e. The number of nitrogens with zero attached hydrogens (tertiary/aromatic N) is 1. The van der Waals surface area contributed by atoms with E-state index in [2.05, 4.69) is 5.32 Å². The summed E-state index contributed by atoms with van der Waals surface area (Å²) in [4.78, 5) is 10.5. The average Bonchev–Trinajstić information content (AvgIpc) is 2.43. The van der Waals surface area contributed by atoms with E-state index in [1.807, 2.05) is 37.4 Å². The first-order valence-electron chi connectivity index (χ1n) is 5.63. The standard InChI is InChI=1S/C15H14N2O2/c1-17-14-9-7-12(8-10-14)5-3-2-4-6-13(11-16)15(18)19/h2-10,17H,1H3,(H,18,19). The minimum absolute atomic E-state index is 0.289. The molecule has 0 unspecified atom stereocenters. The predicted octanol–water partition coefficient (Wildman–Crippen LogP) is 2.83. The summed E-state index contributed by atoms with van der Waals surface area (Å²) in [6.07, 6.45) is 8.12. The van der Waals surface area contributed by atoms with Crippen LogP contribution in [0, 0.1) is 11.3 Å². The lowest BCUT2D eigenvalue weighted by Gasteiger charge is -1.98. The fourth-order valence-corrected chi connectivity index (χ4v) is 1.30. The van der Waals surface area contributed by atoms with E-state index in [-0.39, 0.29) is 5.57 Å². The van der Waals surface area contributed by atoms with Crippen molar-refractivity contribution in [3.63, 3.8) is 0 Å². The summed E-state index contributed by atoms with van der Waals surface area (Å²) >= 11 is 0. The molecule has 0 aromatic heterocycles. The zero-order chi connectivity index (χ0) is 14.1. The van der Waals surface area contributed by atoms with Crippen LogP contribution in [0.5, 0.6) is 0 Å². The molecule has 0 aliphatic rings. The van der Waals surface area contributed by atoms with E-state index in [1.165, 1.54) is 12.2 Å². The van der Waals surface area contributed by atoms with E-state index in [9.17, 15) is 4.79 Å². The molecule has 0 saturated heterocycles. The van der Waals surface area contributed by atoms with Crippen molar-refractivity contribution in [1.82, 2.24) is 0 Å². The van der Waals surface area contributed by atoms with E-state index < -0.39 is 5.97 Å². The van der Waals surface area contributed by atoms with Crippen LogP contribution in [0.15, 0.2) is 54.1 Å². The molecule has 19 heavy (non-hydrogen) atoms. The van der Waals surface area contributed by atoms with Gasteiger partial charge in [0, 0.05) is 12.7 Å². The van der Waals surface area contributed by atoms with Crippen molar-refractivity contribution >= 4 is 17.7 Å². The molecule has 96 valence electrons. The number of hydrogen-bond donors (Lipinski definition) is 2. The van der Waals surface area contributed by atoms with Crippen molar-refractivity contribution in [2.24, 2.45) is 0 Å². The molecule has 2 N–H and O–H groups in total. The van der Waals surface area contributed by atoms with Crippen LogP contribution in [0.1, 0.15) is 5.56 Å². The van der Waals surface area contributed by atoms with Crippen LogP contribution in [-0.2, 0) is 4.79 Å². The summed E-state index contributed by atoms with van der Waals surface area (Å²) in [6.45, 7) is 0. The van der Waals surface area contributed by atoms with Crippen molar-refractivity contribution in [3.8, 4) is 6.07 Å². The van der Waals surface area contributed by atoms with Gasteiger partial charge in [-0.3, -0.25) is 0 Å². The summed E-state index contributed by atoms with van der Waals surface area (Å²) in [5.74, 6) is -1.22. The van der Waals surface area contributed by atoms with Gasteiger partial charge in [0.25, 0.3) is 0 Å². The van der Waals surface area contributed by atoms with Crippen molar-refractivity contribution in [2.75, 3.05) is 12.4 Å². The first-order valence-corrected chi connectivity index (χ1v) is 5.63. The highest BCUT2D eigenvalue weighted by molar-refractivity contribution is 5.91. The molecule has 0 heterocycles. The first-order chi connectivity index (χ1) is 9.17.